The van der Waals surface area contributed by atoms with Crippen LogP contribution in [0.3, 0.4) is 0 Å². The van der Waals surface area contributed by atoms with Gasteiger partial charge in [-0.3, -0.25) is 4.79 Å². The number of nitrogens with two attached hydrogens (primary N) is 1. The van der Waals surface area contributed by atoms with Crippen molar-refractivity contribution in [1.29, 1.82) is 0 Å². The first-order valence-corrected chi connectivity index (χ1v) is 6.83. The molecule has 0 bridgehead atoms. The molecule has 1 amide bonds. The third-order valence-corrected chi connectivity index (χ3v) is 4.19. The van der Waals surface area contributed by atoms with Crippen LogP contribution < -0.4 is 11.1 Å². The van der Waals surface area contributed by atoms with Crippen molar-refractivity contribution in [2.45, 2.75) is 38.5 Å². The van der Waals surface area contributed by atoms with Crippen LogP contribution in [-0.4, -0.2) is 32.2 Å². The van der Waals surface area contributed by atoms with Crippen molar-refractivity contribution in [3.63, 3.8) is 0 Å². The molecule has 2 aliphatic rings. The summed E-state index contributed by atoms with van der Waals surface area (Å²) >= 11 is 0. The zero-order valence-electron chi connectivity index (χ0n) is 10.5. The van der Waals surface area contributed by atoms with Gasteiger partial charge in [-0.05, 0) is 12.3 Å². The van der Waals surface area contributed by atoms with E-state index in [2.05, 4.69) is 5.32 Å². The molecule has 3 N–H and O–H groups in total. The van der Waals surface area contributed by atoms with Gasteiger partial charge >= 0.3 is 0 Å². The number of hydrogen-bond donors (Lipinski definition) is 2. The zero-order chi connectivity index (χ0) is 12.1. The number of amides is 1. The number of carbonyl (C=O) groups is 1. The topological polar surface area (TPSA) is 64.4 Å². The molecular formula is C13H24N2O2. The number of ether oxygens (including phenoxy) is 1. The Hall–Kier alpha value is -0.610. The molecule has 0 unspecified atom stereocenters. The fourth-order valence-electron chi connectivity index (χ4n) is 2.74. The molecule has 1 saturated carbocycles. The molecule has 0 aromatic rings. The summed E-state index contributed by atoms with van der Waals surface area (Å²) in [5.41, 5.74) is 5.22. The Morgan fingerprint density at radius 2 is 2.00 bits per heavy atom. The van der Waals surface area contributed by atoms with Crippen LogP contribution in [-0.2, 0) is 9.53 Å². The van der Waals surface area contributed by atoms with Crippen molar-refractivity contribution in [2.24, 2.45) is 17.1 Å². The average Bonchev–Trinajstić information content (AvgIpc) is 2.30. The van der Waals surface area contributed by atoms with Crippen LogP contribution in [0.25, 0.3) is 0 Å². The van der Waals surface area contributed by atoms with Gasteiger partial charge in [0.15, 0.2) is 0 Å². The summed E-state index contributed by atoms with van der Waals surface area (Å²) in [5, 5.41) is 3.02. The zero-order valence-corrected chi connectivity index (χ0v) is 10.5. The minimum absolute atomic E-state index is 0.0852. The van der Waals surface area contributed by atoms with E-state index in [4.69, 9.17) is 10.5 Å². The van der Waals surface area contributed by atoms with Crippen LogP contribution in [0, 0.1) is 11.3 Å². The van der Waals surface area contributed by atoms with E-state index in [1.807, 2.05) is 0 Å². The molecule has 0 spiro atoms. The van der Waals surface area contributed by atoms with E-state index < -0.39 is 5.41 Å². The van der Waals surface area contributed by atoms with Crippen LogP contribution in [0.1, 0.15) is 38.5 Å². The SMILES string of the molecule is NCC1(C(=O)NCCC2CCCCC2)COC1. The van der Waals surface area contributed by atoms with Gasteiger partial charge < -0.3 is 15.8 Å². The second-order valence-corrected chi connectivity index (χ2v) is 5.53. The first-order valence-electron chi connectivity index (χ1n) is 6.83. The Morgan fingerprint density at radius 1 is 1.29 bits per heavy atom. The van der Waals surface area contributed by atoms with Crippen molar-refractivity contribution < 1.29 is 9.53 Å². The molecule has 0 radical (unpaired) electrons. The molecule has 1 aliphatic carbocycles. The maximum absolute atomic E-state index is 11.9. The normalized spacial score (nSPS) is 24.1. The molecule has 2 rings (SSSR count). The largest absolute Gasteiger partial charge is 0.379 e. The highest BCUT2D eigenvalue weighted by Gasteiger charge is 2.44. The summed E-state index contributed by atoms with van der Waals surface area (Å²) in [6.07, 6.45) is 7.89. The van der Waals surface area contributed by atoms with Gasteiger partial charge in [0, 0.05) is 13.1 Å². The maximum Gasteiger partial charge on any atom is 0.232 e. The number of hydrogen-bond acceptors (Lipinski definition) is 3. The van der Waals surface area contributed by atoms with E-state index in [0.29, 0.717) is 19.8 Å². The molecule has 4 heteroatoms. The smallest absolute Gasteiger partial charge is 0.232 e. The Bertz CT molecular complexity index is 253. The van der Waals surface area contributed by atoms with Gasteiger partial charge in [0.05, 0.1) is 13.2 Å². The van der Waals surface area contributed by atoms with Crippen LogP contribution >= 0.6 is 0 Å². The Morgan fingerprint density at radius 3 is 2.53 bits per heavy atom. The number of rotatable bonds is 5. The molecule has 0 aromatic carbocycles. The first-order chi connectivity index (χ1) is 8.27. The van der Waals surface area contributed by atoms with Gasteiger partial charge in [-0.25, -0.2) is 0 Å². The Kier molecular flexibility index (Phi) is 4.40. The lowest BCUT2D eigenvalue weighted by Crippen LogP contribution is -2.58. The maximum atomic E-state index is 11.9. The second-order valence-electron chi connectivity index (χ2n) is 5.53. The van der Waals surface area contributed by atoms with Crippen molar-refractivity contribution in [2.75, 3.05) is 26.3 Å². The molecule has 4 nitrogen and oxygen atoms in total. The monoisotopic (exact) mass is 240 g/mol. The molecular weight excluding hydrogens is 216 g/mol. The summed E-state index contributed by atoms with van der Waals surface area (Å²) in [4.78, 5) is 11.9. The summed E-state index contributed by atoms with van der Waals surface area (Å²) < 4.78 is 5.11. The van der Waals surface area contributed by atoms with Gasteiger partial charge in [0.2, 0.25) is 5.91 Å². The van der Waals surface area contributed by atoms with E-state index in [0.717, 1.165) is 18.9 Å². The Labute approximate surface area is 103 Å². The summed E-state index contributed by atoms with van der Waals surface area (Å²) in [6, 6.07) is 0. The van der Waals surface area contributed by atoms with Crippen LogP contribution in [0.15, 0.2) is 0 Å². The van der Waals surface area contributed by atoms with Crippen molar-refractivity contribution >= 4 is 5.91 Å². The minimum Gasteiger partial charge on any atom is -0.379 e. The first kappa shape index (κ1) is 12.8. The summed E-state index contributed by atoms with van der Waals surface area (Å²) in [6.45, 7) is 2.16. The van der Waals surface area contributed by atoms with Crippen LogP contribution in [0.5, 0.6) is 0 Å². The number of nitrogens with one attached hydrogen (secondary N) is 1. The highest BCUT2D eigenvalue weighted by Crippen LogP contribution is 2.27. The van der Waals surface area contributed by atoms with Crippen molar-refractivity contribution in [1.82, 2.24) is 5.32 Å². The van der Waals surface area contributed by atoms with Crippen molar-refractivity contribution in [3.8, 4) is 0 Å². The standard InChI is InChI=1S/C13H24N2O2/c14-8-13(9-17-10-13)12(16)15-7-6-11-4-2-1-3-5-11/h11H,1-10,14H2,(H,15,16). The molecule has 1 heterocycles. The predicted molar refractivity (Wildman–Crippen MR) is 66.5 cm³/mol. The molecule has 98 valence electrons. The summed E-state index contributed by atoms with van der Waals surface area (Å²) in [7, 11) is 0. The fourth-order valence-corrected chi connectivity index (χ4v) is 2.74. The minimum atomic E-state index is -0.424. The summed E-state index contributed by atoms with van der Waals surface area (Å²) in [5.74, 6) is 0.901. The van der Waals surface area contributed by atoms with Gasteiger partial charge in [0.1, 0.15) is 5.41 Å². The van der Waals surface area contributed by atoms with E-state index in [9.17, 15) is 4.79 Å². The van der Waals surface area contributed by atoms with Gasteiger partial charge in [0.25, 0.3) is 0 Å². The second kappa shape index (κ2) is 5.83. The average molecular weight is 240 g/mol. The van der Waals surface area contributed by atoms with Gasteiger partial charge in [-0.2, -0.15) is 0 Å². The molecule has 1 aliphatic heterocycles. The number of carbonyl (C=O) groups excluding carboxylic acids is 1. The Balaban J connectivity index is 1.65. The highest BCUT2D eigenvalue weighted by molar-refractivity contribution is 5.84. The molecule has 0 aromatic heterocycles. The van der Waals surface area contributed by atoms with Crippen LogP contribution in [0.2, 0.25) is 0 Å². The quantitative estimate of drug-likeness (QED) is 0.755. The third kappa shape index (κ3) is 2.99. The van der Waals surface area contributed by atoms with Crippen molar-refractivity contribution in [3.05, 3.63) is 0 Å². The fraction of sp³-hybridized carbons (Fsp3) is 0.923. The third-order valence-electron chi connectivity index (χ3n) is 4.19. The lowest BCUT2D eigenvalue weighted by atomic mass is 9.84. The molecule has 0 atom stereocenters. The highest BCUT2D eigenvalue weighted by atomic mass is 16.5. The molecule has 1 saturated heterocycles. The van der Waals surface area contributed by atoms with E-state index in [1.165, 1.54) is 32.1 Å². The molecule has 2 fully saturated rings. The van der Waals surface area contributed by atoms with E-state index >= 15 is 0 Å². The lowest BCUT2D eigenvalue weighted by molar-refractivity contribution is -0.159. The van der Waals surface area contributed by atoms with E-state index in [1.54, 1.807) is 0 Å². The van der Waals surface area contributed by atoms with E-state index in [-0.39, 0.29) is 5.91 Å². The van der Waals surface area contributed by atoms with Gasteiger partial charge in [-0.1, -0.05) is 32.1 Å². The predicted octanol–water partition coefficient (Wildman–Crippen LogP) is 1.05. The van der Waals surface area contributed by atoms with Crippen LogP contribution in [0.4, 0.5) is 0 Å². The molecule has 17 heavy (non-hydrogen) atoms. The lowest BCUT2D eigenvalue weighted by Gasteiger charge is -2.38. The van der Waals surface area contributed by atoms with Gasteiger partial charge in [-0.15, -0.1) is 0 Å².